The SMILES string of the molecule is COc1snc(CN(C)C(=O)OC(C)(C)C)c1-c1cnc(N)c(OC(C)c2cc(F)ccc2C(=O)O)c1. The highest BCUT2D eigenvalue weighted by molar-refractivity contribution is 7.08. The maximum absolute atomic E-state index is 13.9. The van der Waals surface area contributed by atoms with Gasteiger partial charge in [0.15, 0.2) is 11.6 Å². The van der Waals surface area contributed by atoms with Gasteiger partial charge in [-0.3, -0.25) is 0 Å². The number of aromatic carboxylic acids is 1. The van der Waals surface area contributed by atoms with Crippen molar-refractivity contribution in [3.63, 3.8) is 0 Å². The van der Waals surface area contributed by atoms with E-state index in [1.807, 2.05) is 0 Å². The summed E-state index contributed by atoms with van der Waals surface area (Å²) in [5, 5.41) is 9.97. The molecular weight excluding hydrogens is 503 g/mol. The smallest absolute Gasteiger partial charge is 0.410 e. The number of benzene rings is 1. The fraction of sp³-hybridized carbons (Fsp3) is 0.360. The lowest BCUT2D eigenvalue weighted by atomic mass is 10.0. The quantitative estimate of drug-likeness (QED) is 0.404. The van der Waals surface area contributed by atoms with Crippen LogP contribution < -0.4 is 15.2 Å². The first-order chi connectivity index (χ1) is 17.3. The van der Waals surface area contributed by atoms with E-state index in [1.165, 1.54) is 24.3 Å². The highest BCUT2D eigenvalue weighted by Crippen LogP contribution is 2.40. The second-order valence-corrected chi connectivity index (χ2v) is 9.97. The third kappa shape index (κ3) is 6.64. The van der Waals surface area contributed by atoms with Gasteiger partial charge in [-0.15, -0.1) is 0 Å². The van der Waals surface area contributed by atoms with Crippen LogP contribution in [-0.2, 0) is 11.3 Å². The number of hydrogen-bond donors (Lipinski definition) is 2. The molecule has 37 heavy (non-hydrogen) atoms. The molecule has 1 aromatic carbocycles. The molecule has 2 aromatic heterocycles. The lowest BCUT2D eigenvalue weighted by Crippen LogP contribution is -2.34. The second kappa shape index (κ2) is 11.0. The Bertz CT molecular complexity index is 1310. The molecule has 1 atom stereocenters. The minimum Gasteiger partial charge on any atom is -0.486 e. The number of carbonyl (C=O) groups excluding carboxylic acids is 1. The Labute approximate surface area is 218 Å². The highest BCUT2D eigenvalue weighted by atomic mass is 32.1. The van der Waals surface area contributed by atoms with Crippen molar-refractivity contribution in [2.24, 2.45) is 0 Å². The lowest BCUT2D eigenvalue weighted by Gasteiger charge is -2.24. The van der Waals surface area contributed by atoms with Crippen molar-refractivity contribution in [1.29, 1.82) is 0 Å². The van der Waals surface area contributed by atoms with E-state index in [1.54, 1.807) is 40.8 Å². The number of aromatic nitrogens is 2. The van der Waals surface area contributed by atoms with Gasteiger partial charge >= 0.3 is 12.1 Å². The number of carboxylic acids is 1. The van der Waals surface area contributed by atoms with Gasteiger partial charge < -0.3 is 30.0 Å². The van der Waals surface area contributed by atoms with E-state index in [0.29, 0.717) is 21.9 Å². The molecule has 10 nitrogen and oxygen atoms in total. The lowest BCUT2D eigenvalue weighted by molar-refractivity contribution is 0.0283. The van der Waals surface area contributed by atoms with E-state index in [9.17, 15) is 19.1 Å². The third-order valence-electron chi connectivity index (χ3n) is 5.17. The second-order valence-electron chi connectivity index (χ2n) is 9.24. The molecule has 0 bridgehead atoms. The van der Waals surface area contributed by atoms with Crippen molar-refractivity contribution >= 4 is 29.4 Å². The van der Waals surface area contributed by atoms with Gasteiger partial charge in [-0.25, -0.2) is 19.0 Å². The number of carboxylic acid groups (broad SMARTS) is 1. The standard InChI is InChI=1S/C25H29FN4O6S/c1-13(17-10-15(26)7-8-16(17)22(31)32)35-19-9-14(11-28-21(19)27)20-18(29-37-23(20)34-6)12-30(5)24(33)36-25(2,3)4/h7-11,13H,12H2,1-6H3,(H2,27,28)(H,31,32). The number of rotatable bonds is 8. The summed E-state index contributed by atoms with van der Waals surface area (Å²) < 4.78 is 35.2. The zero-order chi connectivity index (χ0) is 27.5. The molecule has 1 amide bonds. The van der Waals surface area contributed by atoms with Crippen molar-refractivity contribution < 1.29 is 33.3 Å². The number of anilines is 1. The highest BCUT2D eigenvalue weighted by Gasteiger charge is 2.25. The van der Waals surface area contributed by atoms with Gasteiger partial charge in [0.25, 0.3) is 0 Å². The zero-order valence-corrected chi connectivity index (χ0v) is 22.2. The summed E-state index contributed by atoms with van der Waals surface area (Å²) in [4.78, 5) is 29.7. The van der Waals surface area contributed by atoms with Crippen LogP contribution in [0.1, 0.15) is 55.4 Å². The molecule has 0 aliphatic rings. The van der Waals surface area contributed by atoms with E-state index < -0.39 is 29.6 Å². The van der Waals surface area contributed by atoms with E-state index in [-0.39, 0.29) is 29.2 Å². The molecule has 1 unspecified atom stereocenters. The fourth-order valence-corrected chi connectivity index (χ4v) is 4.21. The number of nitrogen functional groups attached to an aromatic ring is 1. The van der Waals surface area contributed by atoms with E-state index in [0.717, 1.165) is 23.7 Å². The number of ether oxygens (including phenoxy) is 3. The Morgan fingerprint density at radius 1 is 1.27 bits per heavy atom. The molecule has 3 N–H and O–H groups in total. The molecule has 2 heterocycles. The van der Waals surface area contributed by atoms with Gasteiger partial charge in [-0.1, -0.05) is 0 Å². The van der Waals surface area contributed by atoms with Gasteiger partial charge in [0.05, 0.1) is 30.5 Å². The largest absolute Gasteiger partial charge is 0.486 e. The van der Waals surface area contributed by atoms with Crippen molar-refractivity contribution in [3.8, 4) is 21.9 Å². The van der Waals surface area contributed by atoms with Gasteiger partial charge in [0.1, 0.15) is 17.5 Å². The van der Waals surface area contributed by atoms with Crippen LogP contribution in [0.5, 0.6) is 10.8 Å². The Morgan fingerprint density at radius 2 is 1.97 bits per heavy atom. The van der Waals surface area contributed by atoms with Crippen LogP contribution in [0.15, 0.2) is 30.5 Å². The summed E-state index contributed by atoms with van der Waals surface area (Å²) in [6.45, 7) is 7.05. The number of nitrogens with zero attached hydrogens (tertiary/aromatic N) is 3. The van der Waals surface area contributed by atoms with Crippen LogP contribution >= 0.6 is 11.5 Å². The third-order valence-corrected chi connectivity index (χ3v) is 6.01. The molecule has 0 saturated carbocycles. The van der Waals surface area contributed by atoms with Gasteiger partial charge in [-0.05, 0) is 52.0 Å². The number of pyridine rings is 1. The first-order valence-electron chi connectivity index (χ1n) is 11.2. The number of amides is 1. The van der Waals surface area contributed by atoms with Gasteiger partial charge in [-0.2, -0.15) is 4.37 Å². The maximum Gasteiger partial charge on any atom is 0.410 e. The van der Waals surface area contributed by atoms with Crippen LogP contribution in [-0.4, -0.2) is 51.2 Å². The fourth-order valence-electron chi connectivity index (χ4n) is 3.47. The Balaban J connectivity index is 1.94. The molecule has 0 spiro atoms. The Morgan fingerprint density at radius 3 is 2.59 bits per heavy atom. The zero-order valence-electron chi connectivity index (χ0n) is 21.4. The van der Waals surface area contributed by atoms with Crippen LogP contribution in [0, 0.1) is 5.82 Å². The van der Waals surface area contributed by atoms with Crippen LogP contribution in [0.4, 0.5) is 15.0 Å². The predicted octanol–water partition coefficient (Wildman–Crippen LogP) is 5.14. The van der Waals surface area contributed by atoms with Gasteiger partial charge in [0.2, 0.25) is 5.06 Å². The number of methoxy groups -OCH3 is 1. The molecule has 0 radical (unpaired) electrons. The minimum absolute atomic E-state index is 0.0541. The normalized spacial score (nSPS) is 12.1. The van der Waals surface area contributed by atoms with Crippen LogP contribution in [0.3, 0.4) is 0 Å². The molecule has 198 valence electrons. The number of nitrogens with two attached hydrogens (primary N) is 1. The number of hydrogen-bond acceptors (Lipinski definition) is 9. The summed E-state index contributed by atoms with van der Waals surface area (Å²) in [6.07, 6.45) is 0.144. The van der Waals surface area contributed by atoms with Crippen molar-refractivity contribution in [2.75, 3.05) is 19.9 Å². The summed E-state index contributed by atoms with van der Waals surface area (Å²) in [6, 6.07) is 4.97. The molecule has 3 rings (SSSR count). The van der Waals surface area contributed by atoms with E-state index >= 15 is 0 Å². The summed E-state index contributed by atoms with van der Waals surface area (Å²) >= 11 is 1.11. The van der Waals surface area contributed by atoms with Gasteiger partial charge in [0, 0.05) is 35.9 Å². The summed E-state index contributed by atoms with van der Waals surface area (Å²) in [5.41, 5.74) is 7.12. The number of carbonyl (C=O) groups is 2. The molecule has 0 saturated heterocycles. The average molecular weight is 533 g/mol. The first kappa shape index (κ1) is 27.7. The van der Waals surface area contributed by atoms with Crippen molar-refractivity contribution in [1.82, 2.24) is 14.3 Å². The minimum atomic E-state index is -1.21. The van der Waals surface area contributed by atoms with Crippen LogP contribution in [0.25, 0.3) is 11.1 Å². The summed E-state index contributed by atoms with van der Waals surface area (Å²) in [7, 11) is 3.10. The molecule has 0 aliphatic heterocycles. The maximum atomic E-state index is 13.9. The topological polar surface area (TPSA) is 137 Å². The van der Waals surface area contributed by atoms with E-state index in [2.05, 4.69) is 9.36 Å². The monoisotopic (exact) mass is 532 g/mol. The Kier molecular flexibility index (Phi) is 8.22. The van der Waals surface area contributed by atoms with Crippen molar-refractivity contribution in [3.05, 3.63) is 53.1 Å². The molecule has 0 aliphatic carbocycles. The van der Waals surface area contributed by atoms with Crippen molar-refractivity contribution in [2.45, 2.75) is 45.9 Å². The molecule has 3 aromatic rings. The summed E-state index contributed by atoms with van der Waals surface area (Å²) in [5.74, 6) is -1.59. The first-order valence-corrected chi connectivity index (χ1v) is 12.0. The molecule has 0 fully saturated rings. The average Bonchev–Trinajstić information content (AvgIpc) is 3.21. The molecule has 12 heteroatoms. The predicted molar refractivity (Wildman–Crippen MR) is 136 cm³/mol. The molecular formula is C25H29FN4O6S. The van der Waals surface area contributed by atoms with E-state index in [4.69, 9.17) is 19.9 Å². The Hall–Kier alpha value is -3.93. The number of halogens is 1. The van der Waals surface area contributed by atoms with Crippen LogP contribution in [0.2, 0.25) is 0 Å².